The van der Waals surface area contributed by atoms with Crippen LogP contribution in [0.15, 0.2) is 47.1 Å². The fraction of sp³-hybridized carbons (Fsp3) is 0.316. The van der Waals surface area contributed by atoms with E-state index in [1.54, 1.807) is 0 Å². The molecule has 0 saturated heterocycles. The Morgan fingerprint density at radius 2 is 1.96 bits per heavy atom. The van der Waals surface area contributed by atoms with E-state index < -0.39 is 0 Å². The third-order valence-electron chi connectivity index (χ3n) is 4.71. The van der Waals surface area contributed by atoms with E-state index in [-0.39, 0.29) is 6.17 Å². The topological polar surface area (TPSA) is 32.5 Å². The van der Waals surface area contributed by atoms with Crippen LogP contribution >= 0.6 is 0 Å². The van der Waals surface area contributed by atoms with Crippen molar-refractivity contribution in [3.05, 3.63) is 48.4 Å². The van der Waals surface area contributed by atoms with Gasteiger partial charge in [0.25, 0.3) is 0 Å². The number of fused-ring (bicyclic) bond motifs is 3. The summed E-state index contributed by atoms with van der Waals surface area (Å²) in [6, 6.07) is 10.5. The number of rotatable bonds is 3. The SMILES string of the molecule is CCc1ccc2c(n1)oc1c(N3C=CN(CC)[C@@H]3C)cccc12. The lowest BCUT2D eigenvalue weighted by atomic mass is 10.1. The predicted molar refractivity (Wildman–Crippen MR) is 94.4 cm³/mol. The molecule has 0 unspecified atom stereocenters. The van der Waals surface area contributed by atoms with Gasteiger partial charge in [-0.15, -0.1) is 0 Å². The number of aromatic nitrogens is 1. The van der Waals surface area contributed by atoms with Gasteiger partial charge in [0.15, 0.2) is 5.58 Å². The van der Waals surface area contributed by atoms with Gasteiger partial charge in [-0.25, -0.2) is 4.98 Å². The van der Waals surface area contributed by atoms with Crippen molar-refractivity contribution in [3.8, 4) is 0 Å². The molecule has 4 heteroatoms. The van der Waals surface area contributed by atoms with E-state index >= 15 is 0 Å². The first-order valence-corrected chi connectivity index (χ1v) is 8.26. The molecular formula is C19H21N3O. The number of para-hydroxylation sites is 1. The Bertz CT molecular complexity index is 896. The van der Waals surface area contributed by atoms with E-state index in [2.05, 4.69) is 78.3 Å². The minimum atomic E-state index is 0.290. The average molecular weight is 307 g/mol. The normalized spacial score (nSPS) is 17.8. The Labute approximate surface area is 136 Å². The Balaban J connectivity index is 1.90. The lowest BCUT2D eigenvalue weighted by Gasteiger charge is -2.28. The van der Waals surface area contributed by atoms with Crippen molar-refractivity contribution < 1.29 is 4.42 Å². The monoisotopic (exact) mass is 307 g/mol. The fourth-order valence-corrected chi connectivity index (χ4v) is 3.32. The molecule has 1 aliphatic rings. The van der Waals surface area contributed by atoms with Gasteiger partial charge in [-0.3, -0.25) is 0 Å². The number of anilines is 1. The minimum Gasteiger partial charge on any atom is -0.435 e. The molecule has 1 aromatic carbocycles. The van der Waals surface area contributed by atoms with E-state index in [1.165, 1.54) is 0 Å². The van der Waals surface area contributed by atoms with Crippen LogP contribution in [0.1, 0.15) is 26.5 Å². The highest BCUT2D eigenvalue weighted by molar-refractivity contribution is 6.08. The van der Waals surface area contributed by atoms with Crippen LogP contribution in [0.25, 0.3) is 22.1 Å². The quantitative estimate of drug-likeness (QED) is 0.713. The van der Waals surface area contributed by atoms with Gasteiger partial charge in [-0.05, 0) is 38.5 Å². The standard InChI is InChI=1S/C19H21N3O/c1-4-14-9-10-16-15-7-6-8-17(18(15)23-19(16)20-14)22-12-11-21(5-2)13(22)3/h6-13H,4-5H2,1-3H3/t13-/m0/s1. The van der Waals surface area contributed by atoms with Gasteiger partial charge in [0.1, 0.15) is 6.17 Å². The number of hydrogen-bond acceptors (Lipinski definition) is 4. The van der Waals surface area contributed by atoms with Gasteiger partial charge in [-0.2, -0.15) is 0 Å². The van der Waals surface area contributed by atoms with Crippen LogP contribution in [-0.2, 0) is 6.42 Å². The van der Waals surface area contributed by atoms with Crippen molar-refractivity contribution in [1.29, 1.82) is 0 Å². The van der Waals surface area contributed by atoms with Gasteiger partial charge in [0.05, 0.1) is 5.69 Å². The highest BCUT2D eigenvalue weighted by atomic mass is 16.3. The molecule has 0 bridgehead atoms. The molecule has 23 heavy (non-hydrogen) atoms. The highest BCUT2D eigenvalue weighted by Crippen LogP contribution is 2.36. The van der Waals surface area contributed by atoms with Crippen LogP contribution in [0.4, 0.5) is 5.69 Å². The molecular weight excluding hydrogens is 286 g/mol. The van der Waals surface area contributed by atoms with Crippen LogP contribution in [-0.4, -0.2) is 22.6 Å². The molecule has 0 fully saturated rings. The molecule has 3 heterocycles. The molecule has 0 aliphatic carbocycles. The van der Waals surface area contributed by atoms with E-state index in [4.69, 9.17) is 4.42 Å². The molecule has 1 aliphatic heterocycles. The summed E-state index contributed by atoms with van der Waals surface area (Å²) in [5, 5.41) is 2.21. The minimum absolute atomic E-state index is 0.290. The summed E-state index contributed by atoms with van der Waals surface area (Å²) in [6.07, 6.45) is 5.47. The third-order valence-corrected chi connectivity index (χ3v) is 4.71. The fourth-order valence-electron chi connectivity index (χ4n) is 3.32. The Morgan fingerprint density at radius 3 is 2.70 bits per heavy atom. The largest absolute Gasteiger partial charge is 0.435 e. The van der Waals surface area contributed by atoms with Crippen molar-refractivity contribution in [3.63, 3.8) is 0 Å². The number of benzene rings is 1. The lowest BCUT2D eigenvalue weighted by molar-refractivity contribution is 0.335. The summed E-state index contributed by atoms with van der Waals surface area (Å²) in [6.45, 7) is 7.48. The zero-order valence-electron chi connectivity index (χ0n) is 13.8. The van der Waals surface area contributed by atoms with E-state index in [0.717, 1.165) is 46.4 Å². The van der Waals surface area contributed by atoms with E-state index in [9.17, 15) is 0 Å². The van der Waals surface area contributed by atoms with Gasteiger partial charge >= 0.3 is 0 Å². The molecule has 4 nitrogen and oxygen atoms in total. The Hall–Kier alpha value is -2.49. The highest BCUT2D eigenvalue weighted by Gasteiger charge is 2.25. The maximum absolute atomic E-state index is 6.15. The summed E-state index contributed by atoms with van der Waals surface area (Å²) < 4.78 is 6.15. The van der Waals surface area contributed by atoms with Crippen molar-refractivity contribution in [2.75, 3.05) is 11.4 Å². The molecule has 1 atom stereocenters. The molecule has 4 rings (SSSR count). The molecule has 118 valence electrons. The van der Waals surface area contributed by atoms with Crippen molar-refractivity contribution in [2.45, 2.75) is 33.4 Å². The van der Waals surface area contributed by atoms with Gasteiger partial charge in [0, 0.05) is 35.4 Å². The molecule has 0 spiro atoms. The van der Waals surface area contributed by atoms with Crippen LogP contribution < -0.4 is 4.90 Å². The summed E-state index contributed by atoms with van der Waals surface area (Å²) >= 11 is 0. The summed E-state index contributed by atoms with van der Waals surface area (Å²) in [4.78, 5) is 9.19. The van der Waals surface area contributed by atoms with Crippen LogP contribution in [0, 0.1) is 0 Å². The summed E-state index contributed by atoms with van der Waals surface area (Å²) in [5.74, 6) is 0. The maximum Gasteiger partial charge on any atom is 0.227 e. The molecule has 2 aromatic heterocycles. The first-order valence-electron chi connectivity index (χ1n) is 8.26. The van der Waals surface area contributed by atoms with Crippen molar-refractivity contribution in [1.82, 2.24) is 9.88 Å². The smallest absolute Gasteiger partial charge is 0.227 e. The molecule has 0 amide bonds. The number of aryl methyl sites for hydroxylation is 1. The third kappa shape index (κ3) is 2.09. The second-order valence-corrected chi connectivity index (χ2v) is 5.93. The first-order chi connectivity index (χ1) is 11.2. The average Bonchev–Trinajstić information content (AvgIpc) is 3.14. The molecule has 0 radical (unpaired) electrons. The molecule has 3 aromatic rings. The predicted octanol–water partition coefficient (Wildman–Crippen LogP) is 4.50. The van der Waals surface area contributed by atoms with Crippen molar-refractivity contribution in [2.24, 2.45) is 0 Å². The van der Waals surface area contributed by atoms with E-state index in [1.807, 2.05) is 0 Å². The second kappa shape index (κ2) is 5.30. The number of nitrogens with zero attached hydrogens (tertiary/aromatic N) is 3. The zero-order valence-corrected chi connectivity index (χ0v) is 13.8. The summed E-state index contributed by atoms with van der Waals surface area (Å²) in [5.41, 5.74) is 3.80. The molecule has 0 saturated carbocycles. The lowest BCUT2D eigenvalue weighted by Crippen LogP contribution is -2.35. The number of furan rings is 1. The van der Waals surface area contributed by atoms with E-state index in [0.29, 0.717) is 0 Å². The van der Waals surface area contributed by atoms with Gasteiger partial charge < -0.3 is 14.2 Å². The van der Waals surface area contributed by atoms with Crippen molar-refractivity contribution >= 4 is 27.8 Å². The number of hydrogen-bond donors (Lipinski definition) is 0. The van der Waals surface area contributed by atoms with Gasteiger partial charge in [-0.1, -0.05) is 19.1 Å². The molecule has 0 N–H and O–H groups in total. The zero-order chi connectivity index (χ0) is 16.0. The second-order valence-electron chi connectivity index (χ2n) is 5.93. The number of pyridine rings is 1. The van der Waals surface area contributed by atoms with Crippen LogP contribution in [0.3, 0.4) is 0 Å². The Morgan fingerprint density at radius 1 is 1.09 bits per heavy atom. The van der Waals surface area contributed by atoms with Crippen LogP contribution in [0.5, 0.6) is 0 Å². The maximum atomic E-state index is 6.15. The Kier molecular flexibility index (Phi) is 3.26. The summed E-state index contributed by atoms with van der Waals surface area (Å²) in [7, 11) is 0. The van der Waals surface area contributed by atoms with Gasteiger partial charge in [0.2, 0.25) is 5.71 Å². The van der Waals surface area contributed by atoms with Crippen LogP contribution in [0.2, 0.25) is 0 Å². The first kappa shape index (κ1) is 14.1.